The Labute approximate surface area is 96.0 Å². The fourth-order valence-electron chi connectivity index (χ4n) is 1.74. The maximum atomic E-state index is 11.7. The van der Waals surface area contributed by atoms with Gasteiger partial charge < -0.3 is 5.11 Å². The highest BCUT2D eigenvalue weighted by Crippen LogP contribution is 2.41. The van der Waals surface area contributed by atoms with Crippen molar-refractivity contribution in [3.63, 3.8) is 0 Å². The zero-order valence-electron chi connectivity index (χ0n) is 9.26. The minimum absolute atomic E-state index is 0.0932. The van der Waals surface area contributed by atoms with E-state index in [4.69, 9.17) is 0 Å². The predicted octanol–water partition coefficient (Wildman–Crippen LogP) is 1.92. The Morgan fingerprint density at radius 1 is 1.44 bits per heavy atom. The summed E-state index contributed by atoms with van der Waals surface area (Å²) in [5.41, 5.74) is 0.719. The molecule has 0 bridgehead atoms. The summed E-state index contributed by atoms with van der Waals surface area (Å²) in [6.07, 6.45) is 1.56. The summed E-state index contributed by atoms with van der Waals surface area (Å²) in [5, 5.41) is 9.93. The van der Waals surface area contributed by atoms with Gasteiger partial charge in [-0.15, -0.1) is 0 Å². The molecule has 88 valence electrons. The fourth-order valence-corrected chi connectivity index (χ4v) is 2.68. The molecular formula is C12H16O3S. The molecule has 4 heteroatoms. The topological polar surface area (TPSA) is 54.4 Å². The quantitative estimate of drug-likeness (QED) is 0.874. The SMILES string of the molecule is CCS(=O)(=O)c1cccc(C(O)C2CC2)c1. The fraction of sp³-hybridized carbons (Fsp3) is 0.500. The van der Waals surface area contributed by atoms with Gasteiger partial charge >= 0.3 is 0 Å². The van der Waals surface area contributed by atoms with Crippen molar-refractivity contribution in [1.29, 1.82) is 0 Å². The molecule has 16 heavy (non-hydrogen) atoms. The van der Waals surface area contributed by atoms with Crippen LogP contribution >= 0.6 is 0 Å². The molecule has 0 aromatic heterocycles. The molecule has 1 aromatic rings. The number of hydrogen-bond donors (Lipinski definition) is 1. The standard InChI is InChI=1S/C12H16O3S/c1-2-16(14,15)11-5-3-4-10(8-11)12(13)9-6-7-9/h3-5,8-9,12-13H,2,6-7H2,1H3. The highest BCUT2D eigenvalue weighted by Gasteiger charge is 2.31. The molecule has 0 spiro atoms. The first-order valence-electron chi connectivity index (χ1n) is 5.55. The van der Waals surface area contributed by atoms with Crippen LogP contribution in [0.15, 0.2) is 29.2 Å². The van der Waals surface area contributed by atoms with Crippen molar-refractivity contribution >= 4 is 9.84 Å². The Balaban J connectivity index is 2.32. The molecule has 0 aliphatic heterocycles. The third-order valence-electron chi connectivity index (χ3n) is 3.01. The van der Waals surface area contributed by atoms with Gasteiger partial charge in [0.05, 0.1) is 16.8 Å². The molecule has 2 rings (SSSR count). The van der Waals surface area contributed by atoms with Gasteiger partial charge in [0.1, 0.15) is 0 Å². The summed E-state index contributed by atoms with van der Waals surface area (Å²) in [6, 6.07) is 6.67. The van der Waals surface area contributed by atoms with Crippen LogP contribution in [0.25, 0.3) is 0 Å². The minimum atomic E-state index is -3.17. The average Bonchev–Trinajstić information content (AvgIpc) is 3.12. The molecule has 0 radical (unpaired) electrons. The summed E-state index contributed by atoms with van der Waals surface area (Å²) in [6.45, 7) is 1.62. The van der Waals surface area contributed by atoms with E-state index in [9.17, 15) is 13.5 Å². The van der Waals surface area contributed by atoms with E-state index in [2.05, 4.69) is 0 Å². The number of rotatable bonds is 4. The number of aliphatic hydroxyl groups excluding tert-OH is 1. The zero-order chi connectivity index (χ0) is 11.8. The van der Waals surface area contributed by atoms with Crippen molar-refractivity contribution in [2.45, 2.75) is 30.8 Å². The second-order valence-corrected chi connectivity index (χ2v) is 6.54. The van der Waals surface area contributed by atoms with Crippen LogP contribution in [0, 0.1) is 5.92 Å². The van der Waals surface area contributed by atoms with Gasteiger partial charge in [-0.05, 0) is 36.5 Å². The van der Waals surface area contributed by atoms with Gasteiger partial charge in [-0.2, -0.15) is 0 Å². The molecule has 0 heterocycles. The molecule has 1 fully saturated rings. The lowest BCUT2D eigenvalue weighted by Gasteiger charge is -2.11. The molecule has 1 aliphatic rings. The van der Waals surface area contributed by atoms with E-state index < -0.39 is 15.9 Å². The summed E-state index contributed by atoms with van der Waals surface area (Å²) in [4.78, 5) is 0.312. The number of benzene rings is 1. The highest BCUT2D eigenvalue weighted by atomic mass is 32.2. The number of hydrogen-bond acceptors (Lipinski definition) is 3. The van der Waals surface area contributed by atoms with Crippen molar-refractivity contribution in [1.82, 2.24) is 0 Å². The second-order valence-electron chi connectivity index (χ2n) is 4.26. The lowest BCUT2D eigenvalue weighted by Crippen LogP contribution is -2.06. The molecule has 3 nitrogen and oxygen atoms in total. The van der Waals surface area contributed by atoms with Crippen LogP contribution in [0.1, 0.15) is 31.4 Å². The molecule has 0 amide bonds. The van der Waals surface area contributed by atoms with Crippen LogP contribution in [0.2, 0.25) is 0 Å². The van der Waals surface area contributed by atoms with Gasteiger partial charge in [-0.1, -0.05) is 19.1 Å². The van der Waals surface area contributed by atoms with Gasteiger partial charge in [-0.25, -0.2) is 8.42 Å². The molecule has 1 aromatic carbocycles. The zero-order valence-corrected chi connectivity index (χ0v) is 10.1. The van der Waals surface area contributed by atoms with Gasteiger partial charge in [0, 0.05) is 0 Å². The lowest BCUT2D eigenvalue weighted by atomic mass is 10.1. The van der Waals surface area contributed by atoms with Crippen molar-refractivity contribution < 1.29 is 13.5 Å². The Hall–Kier alpha value is -0.870. The van der Waals surface area contributed by atoms with Crippen molar-refractivity contribution in [2.75, 3.05) is 5.75 Å². The maximum absolute atomic E-state index is 11.7. The average molecular weight is 240 g/mol. The lowest BCUT2D eigenvalue weighted by molar-refractivity contribution is 0.153. The Morgan fingerprint density at radius 2 is 2.12 bits per heavy atom. The Morgan fingerprint density at radius 3 is 2.69 bits per heavy atom. The van der Waals surface area contributed by atoms with E-state index >= 15 is 0 Å². The van der Waals surface area contributed by atoms with E-state index in [-0.39, 0.29) is 5.75 Å². The first-order chi connectivity index (χ1) is 7.54. The van der Waals surface area contributed by atoms with Crippen molar-refractivity contribution in [3.8, 4) is 0 Å². The maximum Gasteiger partial charge on any atom is 0.178 e. The minimum Gasteiger partial charge on any atom is -0.388 e. The molecule has 1 atom stereocenters. The monoisotopic (exact) mass is 240 g/mol. The van der Waals surface area contributed by atoms with E-state index in [1.807, 2.05) is 0 Å². The highest BCUT2D eigenvalue weighted by molar-refractivity contribution is 7.91. The summed E-state index contributed by atoms with van der Waals surface area (Å²) >= 11 is 0. The van der Waals surface area contributed by atoms with Crippen molar-refractivity contribution in [3.05, 3.63) is 29.8 Å². The van der Waals surface area contributed by atoms with E-state index in [1.165, 1.54) is 0 Å². The van der Waals surface area contributed by atoms with E-state index in [0.717, 1.165) is 18.4 Å². The van der Waals surface area contributed by atoms with Crippen LogP contribution in [-0.2, 0) is 9.84 Å². The smallest absolute Gasteiger partial charge is 0.178 e. The normalized spacial score (nSPS) is 18.4. The predicted molar refractivity (Wildman–Crippen MR) is 61.9 cm³/mol. The second kappa shape index (κ2) is 4.18. The van der Waals surface area contributed by atoms with E-state index in [0.29, 0.717) is 10.8 Å². The first-order valence-corrected chi connectivity index (χ1v) is 7.20. The summed E-state index contributed by atoms with van der Waals surface area (Å²) in [5.74, 6) is 0.412. The van der Waals surface area contributed by atoms with Crippen LogP contribution in [0.4, 0.5) is 0 Å². The summed E-state index contributed by atoms with van der Waals surface area (Å²) in [7, 11) is -3.17. The Kier molecular flexibility index (Phi) is 3.04. The van der Waals surface area contributed by atoms with E-state index in [1.54, 1.807) is 31.2 Å². The van der Waals surface area contributed by atoms with Gasteiger partial charge in [0.25, 0.3) is 0 Å². The van der Waals surface area contributed by atoms with Crippen LogP contribution < -0.4 is 0 Å². The number of sulfone groups is 1. The van der Waals surface area contributed by atoms with Gasteiger partial charge in [0.15, 0.2) is 9.84 Å². The van der Waals surface area contributed by atoms with Crippen LogP contribution in [-0.4, -0.2) is 19.3 Å². The number of aliphatic hydroxyl groups is 1. The van der Waals surface area contributed by atoms with Gasteiger partial charge in [0.2, 0.25) is 0 Å². The molecule has 1 unspecified atom stereocenters. The summed E-state index contributed by atoms with van der Waals surface area (Å²) < 4.78 is 23.4. The van der Waals surface area contributed by atoms with Crippen molar-refractivity contribution in [2.24, 2.45) is 5.92 Å². The Bertz CT molecular complexity index is 475. The van der Waals surface area contributed by atoms with Crippen LogP contribution in [0.3, 0.4) is 0 Å². The third kappa shape index (κ3) is 2.28. The third-order valence-corrected chi connectivity index (χ3v) is 4.74. The largest absolute Gasteiger partial charge is 0.388 e. The van der Waals surface area contributed by atoms with Gasteiger partial charge in [-0.3, -0.25) is 0 Å². The molecule has 1 N–H and O–H groups in total. The van der Waals surface area contributed by atoms with Crippen LogP contribution in [0.5, 0.6) is 0 Å². The molecular weight excluding hydrogens is 224 g/mol. The first kappa shape index (κ1) is 11.6. The molecule has 1 aliphatic carbocycles. The molecule has 0 saturated heterocycles. The molecule has 1 saturated carbocycles.